The molecule has 0 spiro atoms. The van der Waals surface area contributed by atoms with Crippen LogP contribution in [0, 0.1) is 0 Å². The largest absolute Gasteiger partial charge is 0.381 e. The summed E-state index contributed by atoms with van der Waals surface area (Å²) in [5.41, 5.74) is 7.78. The number of aromatic nitrogens is 2. The minimum absolute atomic E-state index is 0.424. The Bertz CT molecular complexity index is 558. The third-order valence-corrected chi connectivity index (χ3v) is 4.01. The Kier molecular flexibility index (Phi) is 4.47. The maximum atomic E-state index is 6.05. The fourth-order valence-electron chi connectivity index (χ4n) is 2.13. The van der Waals surface area contributed by atoms with Gasteiger partial charge in [0, 0.05) is 18.8 Å². The lowest BCUT2D eigenvalue weighted by Crippen LogP contribution is -2.34. The minimum atomic E-state index is 0.424. The van der Waals surface area contributed by atoms with Crippen LogP contribution in [0.5, 0.6) is 0 Å². The Balaban J connectivity index is 2.40. The zero-order chi connectivity index (χ0) is 13.8. The Labute approximate surface area is 118 Å². The van der Waals surface area contributed by atoms with Crippen LogP contribution in [0.1, 0.15) is 13.3 Å². The van der Waals surface area contributed by atoms with Crippen molar-refractivity contribution in [3.05, 3.63) is 24.3 Å². The van der Waals surface area contributed by atoms with Crippen LogP contribution in [0.2, 0.25) is 0 Å². The number of rotatable bonds is 5. The van der Waals surface area contributed by atoms with Gasteiger partial charge < -0.3 is 10.6 Å². The topological polar surface area (TPSA) is 55.0 Å². The van der Waals surface area contributed by atoms with E-state index < -0.39 is 0 Å². The molecule has 19 heavy (non-hydrogen) atoms. The van der Waals surface area contributed by atoms with E-state index in [-0.39, 0.29) is 0 Å². The Morgan fingerprint density at radius 3 is 2.47 bits per heavy atom. The molecule has 0 bridgehead atoms. The van der Waals surface area contributed by atoms with Crippen LogP contribution in [0.25, 0.3) is 11.0 Å². The van der Waals surface area contributed by atoms with E-state index in [0.29, 0.717) is 11.9 Å². The van der Waals surface area contributed by atoms with Crippen LogP contribution in [-0.4, -0.2) is 35.1 Å². The second kappa shape index (κ2) is 6.10. The first-order valence-electron chi connectivity index (χ1n) is 6.41. The van der Waals surface area contributed by atoms with Gasteiger partial charge in [-0.3, -0.25) is 0 Å². The SMILES string of the molecule is CCC(CSC)N(C)c1nc2ccccc2nc1N. The van der Waals surface area contributed by atoms with Crippen LogP contribution in [0.4, 0.5) is 11.6 Å². The quantitative estimate of drug-likeness (QED) is 0.910. The standard InChI is InChI=1S/C14H20N4S/c1-4-10(9-19-3)18(2)14-13(15)16-11-7-5-6-8-12(11)17-14/h5-8,10H,4,9H2,1-3H3,(H2,15,16). The molecule has 0 radical (unpaired) electrons. The van der Waals surface area contributed by atoms with E-state index in [0.717, 1.165) is 29.0 Å². The Hall–Kier alpha value is -1.49. The molecule has 1 aromatic heterocycles. The number of nitrogens with two attached hydrogens (primary N) is 1. The molecule has 2 aromatic rings. The molecule has 2 rings (SSSR count). The summed E-state index contributed by atoms with van der Waals surface area (Å²) in [7, 11) is 2.04. The van der Waals surface area contributed by atoms with Crippen LogP contribution >= 0.6 is 11.8 Å². The van der Waals surface area contributed by atoms with E-state index >= 15 is 0 Å². The van der Waals surface area contributed by atoms with Gasteiger partial charge in [0.2, 0.25) is 0 Å². The molecule has 0 saturated heterocycles. The highest BCUT2D eigenvalue weighted by Gasteiger charge is 2.17. The molecule has 0 aliphatic heterocycles. The van der Waals surface area contributed by atoms with Crippen molar-refractivity contribution in [2.24, 2.45) is 0 Å². The second-order valence-corrected chi connectivity index (χ2v) is 5.46. The summed E-state index contributed by atoms with van der Waals surface area (Å²) in [6.07, 6.45) is 3.18. The molecule has 4 nitrogen and oxygen atoms in total. The smallest absolute Gasteiger partial charge is 0.172 e. The molecule has 1 heterocycles. The van der Waals surface area contributed by atoms with E-state index in [1.54, 1.807) is 0 Å². The highest BCUT2D eigenvalue weighted by Crippen LogP contribution is 2.24. The van der Waals surface area contributed by atoms with E-state index in [2.05, 4.69) is 28.0 Å². The summed E-state index contributed by atoms with van der Waals surface area (Å²) in [5.74, 6) is 2.33. The number of thioether (sulfide) groups is 1. The van der Waals surface area contributed by atoms with Crippen molar-refractivity contribution >= 4 is 34.4 Å². The monoisotopic (exact) mass is 276 g/mol. The average molecular weight is 276 g/mol. The van der Waals surface area contributed by atoms with Crippen molar-refractivity contribution in [1.29, 1.82) is 0 Å². The molecule has 1 atom stereocenters. The number of nitrogens with zero attached hydrogens (tertiary/aromatic N) is 3. The molecular formula is C14H20N4S. The number of anilines is 2. The maximum Gasteiger partial charge on any atom is 0.172 e. The van der Waals surface area contributed by atoms with Crippen molar-refractivity contribution in [2.45, 2.75) is 19.4 Å². The maximum absolute atomic E-state index is 6.05. The highest BCUT2D eigenvalue weighted by molar-refractivity contribution is 7.98. The first-order chi connectivity index (χ1) is 9.17. The summed E-state index contributed by atoms with van der Waals surface area (Å²) >= 11 is 1.84. The predicted octanol–water partition coefficient (Wildman–Crippen LogP) is 2.79. The van der Waals surface area contributed by atoms with E-state index in [9.17, 15) is 0 Å². The number of fused-ring (bicyclic) bond motifs is 1. The predicted molar refractivity (Wildman–Crippen MR) is 84.8 cm³/mol. The van der Waals surface area contributed by atoms with Crippen molar-refractivity contribution in [3.8, 4) is 0 Å². The molecule has 1 aromatic carbocycles. The van der Waals surface area contributed by atoms with Gasteiger partial charge in [-0.1, -0.05) is 19.1 Å². The Morgan fingerprint density at radius 1 is 1.26 bits per heavy atom. The number of para-hydroxylation sites is 2. The van der Waals surface area contributed by atoms with E-state index in [4.69, 9.17) is 5.73 Å². The van der Waals surface area contributed by atoms with E-state index in [1.165, 1.54) is 0 Å². The fourth-order valence-corrected chi connectivity index (χ4v) is 2.98. The molecule has 0 saturated carbocycles. The molecule has 102 valence electrons. The molecule has 0 fully saturated rings. The third-order valence-electron chi connectivity index (χ3n) is 3.29. The van der Waals surface area contributed by atoms with Gasteiger partial charge in [0.25, 0.3) is 0 Å². The van der Waals surface area contributed by atoms with Crippen LogP contribution in [0.3, 0.4) is 0 Å². The van der Waals surface area contributed by atoms with Crippen LogP contribution < -0.4 is 10.6 Å². The van der Waals surface area contributed by atoms with Gasteiger partial charge in [-0.2, -0.15) is 11.8 Å². The van der Waals surface area contributed by atoms with Gasteiger partial charge in [0.15, 0.2) is 11.6 Å². The summed E-state index contributed by atoms with van der Waals surface area (Å²) < 4.78 is 0. The van der Waals surface area contributed by atoms with Crippen molar-refractivity contribution < 1.29 is 0 Å². The molecule has 0 amide bonds. The van der Waals surface area contributed by atoms with Gasteiger partial charge >= 0.3 is 0 Å². The zero-order valence-electron chi connectivity index (χ0n) is 11.6. The van der Waals surface area contributed by atoms with Crippen LogP contribution in [-0.2, 0) is 0 Å². The van der Waals surface area contributed by atoms with Gasteiger partial charge in [-0.25, -0.2) is 9.97 Å². The molecule has 5 heteroatoms. The van der Waals surface area contributed by atoms with Crippen molar-refractivity contribution in [1.82, 2.24) is 9.97 Å². The van der Waals surface area contributed by atoms with E-state index in [1.807, 2.05) is 43.1 Å². The van der Waals surface area contributed by atoms with Crippen molar-refractivity contribution in [2.75, 3.05) is 29.7 Å². The fraction of sp³-hybridized carbons (Fsp3) is 0.429. The first kappa shape index (κ1) is 13.9. The second-order valence-electron chi connectivity index (χ2n) is 4.55. The molecule has 0 aliphatic rings. The number of hydrogen-bond donors (Lipinski definition) is 1. The summed E-state index contributed by atoms with van der Waals surface area (Å²) in [6, 6.07) is 8.24. The highest BCUT2D eigenvalue weighted by atomic mass is 32.2. The third kappa shape index (κ3) is 2.92. The van der Waals surface area contributed by atoms with Gasteiger partial charge in [0.05, 0.1) is 11.0 Å². The molecular weight excluding hydrogens is 256 g/mol. The summed E-state index contributed by atoms with van der Waals surface area (Å²) in [6.45, 7) is 2.18. The lowest BCUT2D eigenvalue weighted by Gasteiger charge is -2.28. The lowest BCUT2D eigenvalue weighted by molar-refractivity contribution is 0.667. The van der Waals surface area contributed by atoms with Gasteiger partial charge in [-0.05, 0) is 24.8 Å². The summed E-state index contributed by atoms with van der Waals surface area (Å²) in [4.78, 5) is 11.2. The molecule has 0 aliphatic carbocycles. The number of nitrogen functional groups attached to an aromatic ring is 1. The zero-order valence-corrected chi connectivity index (χ0v) is 12.4. The van der Waals surface area contributed by atoms with Crippen molar-refractivity contribution in [3.63, 3.8) is 0 Å². The molecule has 1 unspecified atom stereocenters. The van der Waals surface area contributed by atoms with Crippen LogP contribution in [0.15, 0.2) is 24.3 Å². The lowest BCUT2D eigenvalue weighted by atomic mass is 10.2. The first-order valence-corrected chi connectivity index (χ1v) is 7.80. The molecule has 2 N–H and O–H groups in total. The Morgan fingerprint density at radius 2 is 1.89 bits per heavy atom. The number of benzene rings is 1. The normalized spacial score (nSPS) is 12.6. The van der Waals surface area contributed by atoms with Gasteiger partial charge in [-0.15, -0.1) is 0 Å². The summed E-state index contributed by atoms with van der Waals surface area (Å²) in [5, 5.41) is 0. The van der Waals surface area contributed by atoms with Gasteiger partial charge in [0.1, 0.15) is 0 Å². The minimum Gasteiger partial charge on any atom is -0.381 e. The average Bonchev–Trinajstić information content (AvgIpc) is 2.43. The number of hydrogen-bond acceptors (Lipinski definition) is 5.